The number of rotatable bonds is 4. The van der Waals surface area contributed by atoms with Gasteiger partial charge in [-0.2, -0.15) is 4.31 Å². The summed E-state index contributed by atoms with van der Waals surface area (Å²) in [6, 6.07) is 3.55. The lowest BCUT2D eigenvalue weighted by Crippen LogP contribution is -2.64. The molecule has 1 aliphatic heterocycles. The van der Waals surface area contributed by atoms with Crippen LogP contribution in [0.3, 0.4) is 0 Å². The van der Waals surface area contributed by atoms with Crippen LogP contribution in [0.15, 0.2) is 23.1 Å². The maximum atomic E-state index is 13.6. The minimum Gasteiger partial charge on any atom is -0.494 e. The van der Waals surface area contributed by atoms with Gasteiger partial charge in [0.25, 0.3) is 0 Å². The molecule has 7 heteroatoms. The lowest BCUT2D eigenvalue weighted by Gasteiger charge is -2.45. The van der Waals surface area contributed by atoms with Crippen molar-refractivity contribution in [2.24, 2.45) is 5.92 Å². The fourth-order valence-electron chi connectivity index (χ4n) is 2.57. The van der Waals surface area contributed by atoms with Crippen LogP contribution < -0.4 is 4.74 Å². The Balaban J connectivity index is 1.81. The number of ether oxygens (including phenoxy) is 1. The number of sulfonamides is 1. The third-order valence-electron chi connectivity index (χ3n) is 4.00. The number of methoxy groups -OCH3 is 1. The fraction of sp³-hybridized carbons (Fsp3) is 0.538. The van der Waals surface area contributed by atoms with Gasteiger partial charge in [0.15, 0.2) is 11.6 Å². The fourth-order valence-corrected chi connectivity index (χ4v) is 4.15. The second kappa shape index (κ2) is 4.41. The van der Waals surface area contributed by atoms with Crippen LogP contribution in [-0.2, 0) is 10.0 Å². The molecular formula is C13H16FNO4S. The molecule has 1 aromatic carbocycles. The summed E-state index contributed by atoms with van der Waals surface area (Å²) in [7, 11) is -2.43. The number of β-amino-alcohol motifs (C(OH)–C–C–N with tert-alkyl or cyclic N) is 1. The van der Waals surface area contributed by atoms with E-state index in [2.05, 4.69) is 0 Å². The van der Waals surface area contributed by atoms with E-state index in [0.717, 1.165) is 18.9 Å². The molecule has 0 aromatic heterocycles. The third kappa shape index (κ3) is 2.10. The van der Waals surface area contributed by atoms with Gasteiger partial charge in [0.2, 0.25) is 10.0 Å². The number of benzene rings is 1. The molecule has 0 amide bonds. The highest BCUT2D eigenvalue weighted by Crippen LogP contribution is 2.45. The number of hydrogen-bond donors (Lipinski definition) is 1. The predicted octanol–water partition coefficient (Wildman–Crippen LogP) is 0.980. The van der Waals surface area contributed by atoms with Gasteiger partial charge in [-0.25, -0.2) is 12.8 Å². The molecule has 0 unspecified atom stereocenters. The molecule has 2 aliphatic rings. The second-order valence-electron chi connectivity index (χ2n) is 5.45. The molecule has 110 valence electrons. The van der Waals surface area contributed by atoms with Crippen LogP contribution in [0.1, 0.15) is 12.8 Å². The summed E-state index contributed by atoms with van der Waals surface area (Å²) in [5, 5.41) is 10.2. The van der Waals surface area contributed by atoms with Gasteiger partial charge in [-0.1, -0.05) is 0 Å². The van der Waals surface area contributed by atoms with Crippen molar-refractivity contribution < 1.29 is 22.7 Å². The van der Waals surface area contributed by atoms with Crippen molar-refractivity contribution in [1.82, 2.24) is 4.31 Å². The third-order valence-corrected chi connectivity index (χ3v) is 5.79. The van der Waals surface area contributed by atoms with E-state index >= 15 is 0 Å². The molecule has 0 radical (unpaired) electrons. The lowest BCUT2D eigenvalue weighted by atomic mass is 9.91. The van der Waals surface area contributed by atoms with E-state index in [1.165, 1.54) is 23.5 Å². The van der Waals surface area contributed by atoms with Gasteiger partial charge in [0.1, 0.15) is 0 Å². The Morgan fingerprint density at radius 1 is 1.40 bits per heavy atom. The van der Waals surface area contributed by atoms with E-state index in [0.29, 0.717) is 0 Å². The molecule has 0 bridgehead atoms. The molecule has 0 atom stereocenters. The Hall–Kier alpha value is -1.18. The Labute approximate surface area is 117 Å². The van der Waals surface area contributed by atoms with Crippen LogP contribution in [-0.4, -0.2) is 43.6 Å². The average molecular weight is 301 g/mol. The van der Waals surface area contributed by atoms with Gasteiger partial charge in [0.05, 0.1) is 17.6 Å². The zero-order valence-electron chi connectivity index (χ0n) is 11.0. The molecule has 1 N–H and O–H groups in total. The highest BCUT2D eigenvalue weighted by molar-refractivity contribution is 7.89. The van der Waals surface area contributed by atoms with E-state index in [1.807, 2.05) is 0 Å². The maximum Gasteiger partial charge on any atom is 0.243 e. The highest BCUT2D eigenvalue weighted by atomic mass is 32.2. The first kappa shape index (κ1) is 13.8. The first-order valence-corrected chi connectivity index (χ1v) is 7.87. The Morgan fingerprint density at radius 3 is 2.55 bits per heavy atom. The largest absolute Gasteiger partial charge is 0.494 e. The van der Waals surface area contributed by atoms with Crippen LogP contribution >= 0.6 is 0 Å². The summed E-state index contributed by atoms with van der Waals surface area (Å²) in [4.78, 5) is -0.117. The van der Waals surface area contributed by atoms with Crippen molar-refractivity contribution in [3.8, 4) is 5.75 Å². The summed E-state index contributed by atoms with van der Waals surface area (Å²) >= 11 is 0. The van der Waals surface area contributed by atoms with Crippen LogP contribution in [0.25, 0.3) is 0 Å². The van der Waals surface area contributed by atoms with Crippen LogP contribution in [0, 0.1) is 11.7 Å². The summed E-state index contributed by atoms with van der Waals surface area (Å²) in [5.41, 5.74) is -0.891. The van der Waals surface area contributed by atoms with Gasteiger partial charge in [0, 0.05) is 13.1 Å². The van der Waals surface area contributed by atoms with Crippen molar-refractivity contribution >= 4 is 10.0 Å². The highest BCUT2D eigenvalue weighted by Gasteiger charge is 2.55. The summed E-state index contributed by atoms with van der Waals surface area (Å²) in [6.45, 7) is 0.182. The molecule has 20 heavy (non-hydrogen) atoms. The van der Waals surface area contributed by atoms with Crippen LogP contribution in [0.5, 0.6) is 5.75 Å². The smallest absolute Gasteiger partial charge is 0.243 e. The summed E-state index contributed by atoms with van der Waals surface area (Å²) in [6.07, 6.45) is 1.89. The van der Waals surface area contributed by atoms with Crippen molar-refractivity contribution in [3.63, 3.8) is 0 Å². The van der Waals surface area contributed by atoms with Gasteiger partial charge in [-0.15, -0.1) is 0 Å². The number of nitrogens with zero attached hydrogens (tertiary/aromatic N) is 1. The normalized spacial score (nSPS) is 22.4. The minimum absolute atomic E-state index is 0.00189. The molecule has 0 spiro atoms. The molecule has 5 nitrogen and oxygen atoms in total. The van der Waals surface area contributed by atoms with Crippen molar-refractivity contribution in [3.05, 3.63) is 24.0 Å². The molecule has 1 aliphatic carbocycles. The van der Waals surface area contributed by atoms with Crippen molar-refractivity contribution in [1.29, 1.82) is 0 Å². The van der Waals surface area contributed by atoms with Gasteiger partial charge in [-0.3, -0.25) is 0 Å². The number of halogens is 1. The van der Waals surface area contributed by atoms with Gasteiger partial charge in [-0.05, 0) is 37.0 Å². The molecule has 2 fully saturated rings. The van der Waals surface area contributed by atoms with E-state index in [4.69, 9.17) is 4.74 Å². The predicted molar refractivity (Wildman–Crippen MR) is 69.4 cm³/mol. The molecule has 1 saturated heterocycles. The average Bonchev–Trinajstić information content (AvgIpc) is 3.19. The molecule has 1 heterocycles. The van der Waals surface area contributed by atoms with E-state index in [-0.39, 0.29) is 29.7 Å². The molecular weight excluding hydrogens is 285 g/mol. The number of hydrogen-bond acceptors (Lipinski definition) is 4. The maximum absolute atomic E-state index is 13.6. The SMILES string of the molecule is COc1ccc(S(=O)(=O)N2CC(O)(C3CC3)C2)cc1F. The van der Waals surface area contributed by atoms with Crippen LogP contribution in [0.4, 0.5) is 4.39 Å². The van der Waals surface area contributed by atoms with Crippen LogP contribution in [0.2, 0.25) is 0 Å². The first-order valence-electron chi connectivity index (χ1n) is 6.43. The lowest BCUT2D eigenvalue weighted by molar-refractivity contribution is -0.0764. The summed E-state index contributed by atoms with van der Waals surface area (Å²) in [5.74, 6) is -0.504. The van der Waals surface area contributed by atoms with E-state index in [9.17, 15) is 17.9 Å². The van der Waals surface area contributed by atoms with Crippen molar-refractivity contribution in [2.75, 3.05) is 20.2 Å². The Bertz CT molecular complexity index is 636. The monoisotopic (exact) mass is 301 g/mol. The molecule has 1 saturated carbocycles. The standard InChI is InChI=1S/C13H16FNO4S/c1-19-12-5-4-10(6-11(12)14)20(17,18)15-7-13(16,8-15)9-2-3-9/h4-6,9,16H,2-3,7-8H2,1H3. The topological polar surface area (TPSA) is 66.8 Å². The molecule has 3 rings (SSSR count). The second-order valence-corrected chi connectivity index (χ2v) is 7.39. The van der Waals surface area contributed by atoms with E-state index in [1.54, 1.807) is 0 Å². The quantitative estimate of drug-likeness (QED) is 0.900. The van der Waals surface area contributed by atoms with Gasteiger partial charge < -0.3 is 9.84 Å². The molecule has 1 aromatic rings. The van der Waals surface area contributed by atoms with Crippen molar-refractivity contribution in [2.45, 2.75) is 23.3 Å². The minimum atomic E-state index is -3.75. The first-order chi connectivity index (χ1) is 9.37. The zero-order valence-corrected chi connectivity index (χ0v) is 11.9. The van der Waals surface area contributed by atoms with E-state index < -0.39 is 21.4 Å². The summed E-state index contributed by atoms with van der Waals surface area (Å²) < 4.78 is 44.2. The zero-order chi connectivity index (χ0) is 14.5. The number of aliphatic hydroxyl groups is 1. The van der Waals surface area contributed by atoms with Gasteiger partial charge >= 0.3 is 0 Å². The Morgan fingerprint density at radius 2 is 2.05 bits per heavy atom. The Kier molecular flexibility index (Phi) is 3.04.